The van der Waals surface area contributed by atoms with Gasteiger partial charge >= 0.3 is 5.97 Å². The summed E-state index contributed by atoms with van der Waals surface area (Å²) >= 11 is 1.87. The minimum atomic E-state index is -2.69. The molecule has 0 radical (unpaired) electrons. The molecule has 94 valence electrons. The van der Waals surface area contributed by atoms with Crippen LogP contribution < -0.4 is 0 Å². The lowest BCUT2D eigenvalue weighted by Crippen LogP contribution is -2.12. The highest BCUT2D eigenvalue weighted by Crippen LogP contribution is 2.25. The summed E-state index contributed by atoms with van der Waals surface area (Å²) in [6.45, 7) is 3.59. The number of carbonyl (C=O) groups is 1. The zero-order valence-corrected chi connectivity index (χ0v) is 11.6. The van der Waals surface area contributed by atoms with Crippen LogP contribution in [0.15, 0.2) is 6.07 Å². The number of carbonyl (C=O) groups excluding carboxylic acids is 1. The van der Waals surface area contributed by atoms with E-state index in [9.17, 15) is 13.6 Å². The Balaban J connectivity index is 3.08. The number of aromatic nitrogens is 1. The second-order valence-corrected chi connectivity index (χ2v) is 4.51. The van der Waals surface area contributed by atoms with Crippen LogP contribution in [-0.4, -0.2) is 17.6 Å². The van der Waals surface area contributed by atoms with Gasteiger partial charge in [0, 0.05) is 0 Å². The topological polar surface area (TPSA) is 39.2 Å². The number of hydrogen-bond acceptors (Lipinski definition) is 3. The number of pyridine rings is 1. The number of aryl methyl sites for hydroxylation is 1. The van der Waals surface area contributed by atoms with Crippen LogP contribution in [0.1, 0.15) is 30.2 Å². The van der Waals surface area contributed by atoms with Gasteiger partial charge in [-0.3, -0.25) is 4.79 Å². The highest BCUT2D eigenvalue weighted by molar-refractivity contribution is 14.1. The molecule has 0 saturated heterocycles. The van der Waals surface area contributed by atoms with E-state index in [1.165, 1.54) is 0 Å². The summed E-state index contributed by atoms with van der Waals surface area (Å²) in [5, 5.41) is 0. The van der Waals surface area contributed by atoms with Gasteiger partial charge in [0.1, 0.15) is 9.39 Å². The number of alkyl halides is 2. The molecule has 0 bridgehead atoms. The fourth-order valence-corrected chi connectivity index (χ4v) is 2.18. The molecule has 0 aliphatic carbocycles. The lowest BCUT2D eigenvalue weighted by molar-refractivity contribution is -0.142. The molecule has 0 amide bonds. The minimum Gasteiger partial charge on any atom is -0.466 e. The number of rotatable bonds is 4. The van der Waals surface area contributed by atoms with E-state index in [2.05, 4.69) is 4.98 Å². The third kappa shape index (κ3) is 3.86. The first-order chi connectivity index (χ1) is 7.95. The van der Waals surface area contributed by atoms with Crippen molar-refractivity contribution < 1.29 is 18.3 Å². The van der Waals surface area contributed by atoms with E-state index in [1.54, 1.807) is 19.9 Å². The van der Waals surface area contributed by atoms with Crippen molar-refractivity contribution >= 4 is 28.6 Å². The Morgan fingerprint density at radius 3 is 2.76 bits per heavy atom. The van der Waals surface area contributed by atoms with Gasteiger partial charge in [-0.15, -0.1) is 0 Å². The molecule has 0 N–H and O–H groups in total. The van der Waals surface area contributed by atoms with E-state index in [-0.39, 0.29) is 24.3 Å². The fourth-order valence-electron chi connectivity index (χ4n) is 1.45. The number of ether oxygens (including phenoxy) is 1. The molecule has 1 aromatic heterocycles. The van der Waals surface area contributed by atoms with E-state index in [0.29, 0.717) is 9.26 Å². The quantitative estimate of drug-likeness (QED) is 0.474. The van der Waals surface area contributed by atoms with E-state index in [4.69, 9.17) is 4.74 Å². The molecule has 0 saturated carbocycles. The SMILES string of the molecule is CCOC(=O)Cc1c(C)cc(I)nc1C(F)F. The molecule has 1 aromatic rings. The van der Waals surface area contributed by atoms with Crippen molar-refractivity contribution in [1.29, 1.82) is 0 Å². The summed E-state index contributed by atoms with van der Waals surface area (Å²) in [6, 6.07) is 1.67. The molecule has 0 aliphatic rings. The zero-order valence-electron chi connectivity index (χ0n) is 9.47. The maximum atomic E-state index is 12.8. The maximum absolute atomic E-state index is 12.8. The van der Waals surface area contributed by atoms with Gasteiger partial charge in [0.25, 0.3) is 6.43 Å². The van der Waals surface area contributed by atoms with Crippen LogP contribution in [0, 0.1) is 10.6 Å². The van der Waals surface area contributed by atoms with E-state index in [1.807, 2.05) is 22.6 Å². The number of nitrogens with zero attached hydrogens (tertiary/aromatic N) is 1. The van der Waals surface area contributed by atoms with Gasteiger partial charge in [0.05, 0.1) is 13.0 Å². The first-order valence-electron chi connectivity index (χ1n) is 5.05. The molecule has 1 heterocycles. The normalized spacial score (nSPS) is 10.7. The molecule has 0 aromatic carbocycles. The van der Waals surface area contributed by atoms with Gasteiger partial charge in [-0.1, -0.05) is 0 Å². The second kappa shape index (κ2) is 6.23. The summed E-state index contributed by atoms with van der Waals surface area (Å²) in [7, 11) is 0. The average Bonchev–Trinajstić information content (AvgIpc) is 2.21. The van der Waals surface area contributed by atoms with Crippen molar-refractivity contribution in [1.82, 2.24) is 4.98 Å². The summed E-state index contributed by atoms with van der Waals surface area (Å²) in [5.74, 6) is -0.513. The molecule has 3 nitrogen and oxygen atoms in total. The first-order valence-corrected chi connectivity index (χ1v) is 6.13. The minimum absolute atomic E-state index is 0.163. The Morgan fingerprint density at radius 1 is 1.59 bits per heavy atom. The monoisotopic (exact) mass is 355 g/mol. The van der Waals surface area contributed by atoms with Gasteiger partial charge < -0.3 is 4.74 Å². The van der Waals surface area contributed by atoms with E-state index < -0.39 is 12.4 Å². The number of hydrogen-bond donors (Lipinski definition) is 0. The Labute approximate surface area is 112 Å². The number of halogens is 3. The molecule has 0 fully saturated rings. The third-order valence-electron chi connectivity index (χ3n) is 2.18. The highest BCUT2D eigenvalue weighted by Gasteiger charge is 2.20. The first kappa shape index (κ1) is 14.3. The van der Waals surface area contributed by atoms with Crippen molar-refractivity contribution in [3.05, 3.63) is 26.6 Å². The third-order valence-corrected chi connectivity index (χ3v) is 2.73. The molecule has 0 aliphatic heterocycles. The molecule has 1 rings (SSSR count). The Kier molecular flexibility index (Phi) is 5.23. The summed E-state index contributed by atoms with van der Waals surface area (Å²) < 4.78 is 30.9. The Hall–Kier alpha value is -0.790. The van der Waals surface area contributed by atoms with Gasteiger partial charge in [-0.25, -0.2) is 13.8 Å². The number of esters is 1. The van der Waals surface area contributed by atoms with E-state index >= 15 is 0 Å². The van der Waals surface area contributed by atoms with Crippen LogP contribution >= 0.6 is 22.6 Å². The molecular weight excluding hydrogens is 343 g/mol. The van der Waals surface area contributed by atoms with Crippen LogP contribution in [0.3, 0.4) is 0 Å². The van der Waals surface area contributed by atoms with Crippen molar-refractivity contribution in [2.45, 2.75) is 26.7 Å². The van der Waals surface area contributed by atoms with Gasteiger partial charge in [-0.05, 0) is 53.6 Å². The predicted octanol–water partition coefficient (Wildman–Crippen LogP) is 3.04. The van der Waals surface area contributed by atoms with Crippen molar-refractivity contribution in [3.8, 4) is 0 Å². The van der Waals surface area contributed by atoms with Crippen LogP contribution in [0.5, 0.6) is 0 Å². The van der Waals surface area contributed by atoms with Gasteiger partial charge in [0.15, 0.2) is 0 Å². The smallest absolute Gasteiger partial charge is 0.310 e. The standard InChI is InChI=1S/C11H12F2INO2/c1-3-17-9(16)5-7-6(2)4-8(14)15-10(7)11(12)13/h4,11H,3,5H2,1-2H3. The van der Waals surface area contributed by atoms with Crippen LogP contribution in [-0.2, 0) is 16.0 Å². The summed E-state index contributed by atoms with van der Waals surface area (Å²) in [5.41, 5.74) is 0.564. The van der Waals surface area contributed by atoms with Gasteiger partial charge in [-0.2, -0.15) is 0 Å². The fraction of sp³-hybridized carbons (Fsp3) is 0.455. The van der Waals surface area contributed by atoms with Gasteiger partial charge in [0.2, 0.25) is 0 Å². The maximum Gasteiger partial charge on any atom is 0.310 e. The van der Waals surface area contributed by atoms with E-state index in [0.717, 1.165) is 0 Å². The van der Waals surface area contributed by atoms with Crippen molar-refractivity contribution in [3.63, 3.8) is 0 Å². The van der Waals surface area contributed by atoms with Crippen molar-refractivity contribution in [2.24, 2.45) is 0 Å². The lowest BCUT2D eigenvalue weighted by atomic mass is 10.0. The molecular formula is C11H12F2INO2. The molecule has 0 spiro atoms. The van der Waals surface area contributed by atoms with Crippen molar-refractivity contribution in [2.75, 3.05) is 6.61 Å². The summed E-state index contributed by atoms with van der Waals surface area (Å²) in [6.07, 6.45) is -2.85. The van der Waals surface area contributed by atoms with Crippen LogP contribution in [0.4, 0.5) is 8.78 Å². The molecule has 6 heteroatoms. The molecule has 17 heavy (non-hydrogen) atoms. The molecule has 0 atom stereocenters. The zero-order chi connectivity index (χ0) is 13.0. The lowest BCUT2D eigenvalue weighted by Gasteiger charge is -2.11. The Morgan fingerprint density at radius 2 is 2.24 bits per heavy atom. The average molecular weight is 355 g/mol. The second-order valence-electron chi connectivity index (χ2n) is 3.41. The van der Waals surface area contributed by atoms with Crippen LogP contribution in [0.2, 0.25) is 0 Å². The largest absolute Gasteiger partial charge is 0.466 e. The Bertz CT molecular complexity index is 424. The highest BCUT2D eigenvalue weighted by atomic mass is 127. The molecule has 0 unspecified atom stereocenters. The van der Waals surface area contributed by atoms with Crippen LogP contribution in [0.25, 0.3) is 0 Å². The summed E-state index contributed by atoms with van der Waals surface area (Å²) in [4.78, 5) is 15.1. The predicted molar refractivity (Wildman–Crippen MR) is 67.0 cm³/mol.